The Kier molecular flexibility index (Phi) is 3.69. The molecule has 0 bridgehead atoms. The Morgan fingerprint density at radius 3 is 2.92 bits per heavy atom. The molecule has 0 radical (unpaired) electrons. The Morgan fingerprint density at radius 1 is 1.77 bits per heavy atom. The maximum Gasteiger partial charge on any atom is 0.320 e. The molecule has 1 saturated heterocycles. The molecule has 0 aromatic heterocycles. The third-order valence-corrected chi connectivity index (χ3v) is 2.51. The van der Waals surface area contributed by atoms with E-state index in [2.05, 4.69) is 12.2 Å². The molecule has 2 atom stereocenters. The molecule has 1 aliphatic heterocycles. The van der Waals surface area contributed by atoms with Crippen molar-refractivity contribution in [3.63, 3.8) is 0 Å². The molecule has 0 aromatic carbocycles. The van der Waals surface area contributed by atoms with E-state index in [4.69, 9.17) is 5.11 Å². The van der Waals surface area contributed by atoms with Gasteiger partial charge in [0.1, 0.15) is 6.04 Å². The van der Waals surface area contributed by atoms with Crippen LogP contribution in [0.5, 0.6) is 0 Å². The first-order chi connectivity index (χ1) is 6.15. The van der Waals surface area contributed by atoms with Crippen molar-refractivity contribution in [3.05, 3.63) is 0 Å². The first-order valence-corrected chi connectivity index (χ1v) is 4.85. The van der Waals surface area contributed by atoms with E-state index in [1.807, 2.05) is 11.8 Å². The summed E-state index contributed by atoms with van der Waals surface area (Å²) >= 11 is 0. The quantitative estimate of drug-likeness (QED) is 0.658. The predicted octanol–water partition coefficient (Wildman–Crippen LogP) is 0.143. The number of piperazine rings is 1. The highest BCUT2D eigenvalue weighted by atomic mass is 16.4. The zero-order valence-corrected chi connectivity index (χ0v) is 8.29. The number of nitrogens with one attached hydrogen (secondary N) is 1. The Hall–Kier alpha value is -0.610. The molecular weight excluding hydrogens is 168 g/mol. The van der Waals surface area contributed by atoms with Crippen molar-refractivity contribution in [1.29, 1.82) is 0 Å². The maximum absolute atomic E-state index is 10.9. The van der Waals surface area contributed by atoms with Crippen LogP contribution < -0.4 is 5.32 Å². The number of hydrogen-bond acceptors (Lipinski definition) is 3. The molecule has 0 aliphatic carbocycles. The molecular formula is C9H18N2O2. The Labute approximate surface area is 78.9 Å². The highest BCUT2D eigenvalue weighted by Gasteiger charge is 2.26. The lowest BCUT2D eigenvalue weighted by Crippen LogP contribution is -2.54. The van der Waals surface area contributed by atoms with Crippen LogP contribution in [-0.4, -0.2) is 47.7 Å². The van der Waals surface area contributed by atoms with Gasteiger partial charge in [-0.25, -0.2) is 0 Å². The van der Waals surface area contributed by atoms with Crippen LogP contribution in [-0.2, 0) is 4.79 Å². The Bertz CT molecular complexity index is 184. The number of aliphatic carboxylic acids is 1. The molecule has 2 N–H and O–H groups in total. The van der Waals surface area contributed by atoms with Crippen molar-refractivity contribution < 1.29 is 9.90 Å². The van der Waals surface area contributed by atoms with E-state index in [1.54, 1.807) is 0 Å². The molecule has 0 spiro atoms. The van der Waals surface area contributed by atoms with Crippen LogP contribution in [0.25, 0.3) is 0 Å². The summed E-state index contributed by atoms with van der Waals surface area (Å²) in [6, 6.07) is 0.103. The third kappa shape index (κ3) is 2.67. The lowest BCUT2D eigenvalue weighted by Gasteiger charge is -2.35. The van der Waals surface area contributed by atoms with Gasteiger partial charge in [-0.05, 0) is 13.3 Å². The standard InChI is InChI=1S/C9H18N2O2/c1-3-8(9(12)13)11-5-4-10-7(2)6-11/h7-8,10H,3-6H2,1-2H3,(H,12,13)/t7-,8?/m0/s1. The van der Waals surface area contributed by atoms with E-state index in [1.165, 1.54) is 0 Å². The van der Waals surface area contributed by atoms with Crippen molar-refractivity contribution in [2.75, 3.05) is 19.6 Å². The van der Waals surface area contributed by atoms with Gasteiger partial charge in [0.2, 0.25) is 0 Å². The van der Waals surface area contributed by atoms with E-state index >= 15 is 0 Å². The number of nitrogens with zero attached hydrogens (tertiary/aromatic N) is 1. The Balaban J connectivity index is 2.52. The largest absolute Gasteiger partial charge is 0.480 e. The van der Waals surface area contributed by atoms with Gasteiger partial charge in [0.25, 0.3) is 0 Å². The highest BCUT2D eigenvalue weighted by Crippen LogP contribution is 2.08. The minimum absolute atomic E-state index is 0.301. The lowest BCUT2D eigenvalue weighted by molar-refractivity contribution is -0.143. The predicted molar refractivity (Wildman–Crippen MR) is 50.8 cm³/mol. The van der Waals surface area contributed by atoms with E-state index in [0.717, 1.165) is 19.6 Å². The second-order valence-corrected chi connectivity index (χ2v) is 3.61. The van der Waals surface area contributed by atoms with Crippen LogP contribution in [0.2, 0.25) is 0 Å². The van der Waals surface area contributed by atoms with Gasteiger partial charge in [-0.3, -0.25) is 9.69 Å². The molecule has 1 fully saturated rings. The monoisotopic (exact) mass is 186 g/mol. The van der Waals surface area contributed by atoms with E-state index in [9.17, 15) is 4.79 Å². The summed E-state index contributed by atoms with van der Waals surface area (Å²) in [4.78, 5) is 12.9. The van der Waals surface area contributed by atoms with E-state index in [0.29, 0.717) is 12.5 Å². The van der Waals surface area contributed by atoms with Gasteiger partial charge < -0.3 is 10.4 Å². The van der Waals surface area contributed by atoms with Gasteiger partial charge in [-0.2, -0.15) is 0 Å². The van der Waals surface area contributed by atoms with Crippen LogP contribution in [0, 0.1) is 0 Å². The molecule has 1 heterocycles. The zero-order chi connectivity index (χ0) is 9.84. The summed E-state index contributed by atoms with van der Waals surface area (Å²) < 4.78 is 0. The normalized spacial score (nSPS) is 27.1. The smallest absolute Gasteiger partial charge is 0.320 e. The number of carbonyl (C=O) groups is 1. The Morgan fingerprint density at radius 2 is 2.46 bits per heavy atom. The number of carboxylic acids is 1. The summed E-state index contributed by atoms with van der Waals surface area (Å²) in [6.45, 7) is 6.58. The average molecular weight is 186 g/mol. The van der Waals surface area contributed by atoms with Crippen molar-refractivity contribution in [1.82, 2.24) is 10.2 Å². The molecule has 4 heteroatoms. The minimum atomic E-state index is -0.698. The molecule has 76 valence electrons. The van der Waals surface area contributed by atoms with Crippen LogP contribution in [0.15, 0.2) is 0 Å². The molecule has 1 rings (SSSR count). The number of hydrogen-bond donors (Lipinski definition) is 2. The van der Waals surface area contributed by atoms with Gasteiger partial charge in [0.05, 0.1) is 0 Å². The summed E-state index contributed by atoms with van der Waals surface area (Å²) in [7, 11) is 0. The molecule has 0 saturated carbocycles. The first kappa shape index (κ1) is 10.5. The molecule has 0 amide bonds. The van der Waals surface area contributed by atoms with Crippen LogP contribution in [0.3, 0.4) is 0 Å². The number of rotatable bonds is 3. The van der Waals surface area contributed by atoms with Crippen molar-refractivity contribution in [2.45, 2.75) is 32.4 Å². The second kappa shape index (κ2) is 4.58. The fourth-order valence-electron chi connectivity index (χ4n) is 1.83. The summed E-state index contributed by atoms with van der Waals surface area (Å²) in [6.07, 6.45) is 0.683. The SMILES string of the molecule is CCC(C(=O)O)N1CCN[C@@H](C)C1. The van der Waals surface area contributed by atoms with E-state index in [-0.39, 0.29) is 6.04 Å². The second-order valence-electron chi connectivity index (χ2n) is 3.61. The average Bonchev–Trinajstić information content (AvgIpc) is 2.04. The van der Waals surface area contributed by atoms with Crippen LogP contribution >= 0.6 is 0 Å². The van der Waals surface area contributed by atoms with Gasteiger partial charge >= 0.3 is 5.97 Å². The topological polar surface area (TPSA) is 52.6 Å². The molecule has 0 aromatic rings. The first-order valence-electron chi connectivity index (χ1n) is 4.85. The van der Waals surface area contributed by atoms with Crippen LogP contribution in [0.4, 0.5) is 0 Å². The van der Waals surface area contributed by atoms with Gasteiger partial charge in [-0.1, -0.05) is 6.92 Å². The summed E-state index contributed by atoms with van der Waals surface area (Å²) in [5, 5.41) is 12.2. The lowest BCUT2D eigenvalue weighted by atomic mass is 10.1. The fraction of sp³-hybridized carbons (Fsp3) is 0.889. The zero-order valence-electron chi connectivity index (χ0n) is 8.29. The third-order valence-electron chi connectivity index (χ3n) is 2.51. The van der Waals surface area contributed by atoms with Crippen LogP contribution in [0.1, 0.15) is 20.3 Å². The summed E-state index contributed by atoms with van der Waals surface area (Å²) in [5.41, 5.74) is 0. The maximum atomic E-state index is 10.9. The minimum Gasteiger partial charge on any atom is -0.480 e. The molecule has 1 aliphatic rings. The van der Waals surface area contributed by atoms with Gasteiger partial charge in [-0.15, -0.1) is 0 Å². The van der Waals surface area contributed by atoms with E-state index < -0.39 is 5.97 Å². The van der Waals surface area contributed by atoms with Crippen molar-refractivity contribution in [2.24, 2.45) is 0 Å². The molecule has 1 unspecified atom stereocenters. The summed E-state index contributed by atoms with van der Waals surface area (Å²) in [5.74, 6) is -0.698. The molecule has 13 heavy (non-hydrogen) atoms. The fourth-order valence-corrected chi connectivity index (χ4v) is 1.83. The van der Waals surface area contributed by atoms with Crippen molar-refractivity contribution >= 4 is 5.97 Å². The molecule has 4 nitrogen and oxygen atoms in total. The highest BCUT2D eigenvalue weighted by molar-refractivity contribution is 5.73. The van der Waals surface area contributed by atoms with Gasteiger partial charge in [0, 0.05) is 25.7 Å². The van der Waals surface area contributed by atoms with Gasteiger partial charge in [0.15, 0.2) is 0 Å². The number of carboxylic acid groups (broad SMARTS) is 1. The van der Waals surface area contributed by atoms with Crippen molar-refractivity contribution in [3.8, 4) is 0 Å².